The number of hydrogen-bond donors (Lipinski definition) is 2. The number of nitrogens with one attached hydrogen (secondary N) is 1. The summed E-state index contributed by atoms with van der Waals surface area (Å²) in [5.74, 6) is 0.179. The van der Waals surface area contributed by atoms with Crippen LogP contribution in [0.1, 0.15) is 30.9 Å². The highest BCUT2D eigenvalue weighted by Crippen LogP contribution is 2.16. The minimum atomic E-state index is -0.520. The van der Waals surface area contributed by atoms with Crippen molar-refractivity contribution >= 4 is 5.91 Å². The molecule has 0 aliphatic rings. The molecule has 0 bridgehead atoms. The zero-order valence-electron chi connectivity index (χ0n) is 14.2. The van der Waals surface area contributed by atoms with Crippen LogP contribution in [0.2, 0.25) is 0 Å². The van der Waals surface area contributed by atoms with Crippen LogP contribution in [-0.4, -0.2) is 30.3 Å². The molecule has 128 valence electrons. The van der Waals surface area contributed by atoms with Crippen LogP contribution in [0.15, 0.2) is 54.6 Å². The number of hydrogen-bond acceptors (Lipinski definition) is 3. The van der Waals surface area contributed by atoms with Gasteiger partial charge in [-0.15, -0.1) is 0 Å². The molecular weight excluding hydrogens is 302 g/mol. The molecule has 0 spiro atoms. The first-order chi connectivity index (χ1) is 11.6. The third-order valence-corrected chi connectivity index (χ3v) is 3.71. The Hall–Kier alpha value is -2.33. The molecule has 0 saturated heterocycles. The Morgan fingerprint density at radius 3 is 2.33 bits per heavy atom. The van der Waals surface area contributed by atoms with Crippen molar-refractivity contribution in [1.29, 1.82) is 0 Å². The summed E-state index contributed by atoms with van der Waals surface area (Å²) in [7, 11) is 0. The number of aliphatic hydroxyl groups is 1. The minimum absolute atomic E-state index is 0.150. The second-order valence-electron chi connectivity index (χ2n) is 6.00. The highest BCUT2D eigenvalue weighted by atomic mass is 16.5. The predicted octanol–water partition coefficient (Wildman–Crippen LogP) is 2.91. The van der Waals surface area contributed by atoms with Crippen molar-refractivity contribution in [3.05, 3.63) is 65.7 Å². The Bertz CT molecular complexity index is 623. The third-order valence-electron chi connectivity index (χ3n) is 3.71. The van der Waals surface area contributed by atoms with Crippen LogP contribution in [0.5, 0.6) is 5.75 Å². The van der Waals surface area contributed by atoms with Gasteiger partial charge in [0.2, 0.25) is 5.91 Å². The fourth-order valence-corrected chi connectivity index (χ4v) is 2.49. The first-order valence-corrected chi connectivity index (χ1v) is 8.29. The zero-order valence-corrected chi connectivity index (χ0v) is 14.2. The zero-order chi connectivity index (χ0) is 17.4. The maximum Gasteiger partial charge on any atom is 0.229 e. The van der Waals surface area contributed by atoms with Crippen LogP contribution in [-0.2, 0) is 11.2 Å². The van der Waals surface area contributed by atoms with Gasteiger partial charge in [0.25, 0.3) is 0 Å². The molecule has 0 aromatic heterocycles. The average molecular weight is 327 g/mol. The largest absolute Gasteiger partial charge is 0.491 e. The molecule has 2 aromatic rings. The lowest BCUT2D eigenvalue weighted by molar-refractivity contribution is -0.123. The lowest BCUT2D eigenvalue weighted by atomic mass is 9.99. The topological polar surface area (TPSA) is 58.6 Å². The van der Waals surface area contributed by atoms with E-state index in [0.29, 0.717) is 6.54 Å². The molecule has 1 atom stereocenters. The highest BCUT2D eigenvalue weighted by Gasteiger charge is 2.18. The van der Waals surface area contributed by atoms with Gasteiger partial charge in [0, 0.05) is 6.54 Å². The lowest BCUT2D eigenvalue weighted by Gasteiger charge is -2.15. The van der Waals surface area contributed by atoms with E-state index in [1.54, 1.807) is 0 Å². The first kappa shape index (κ1) is 18.0. The van der Waals surface area contributed by atoms with Gasteiger partial charge in [0.15, 0.2) is 0 Å². The third kappa shape index (κ3) is 5.39. The fraction of sp³-hybridized carbons (Fsp3) is 0.350. The van der Waals surface area contributed by atoms with E-state index < -0.39 is 5.92 Å². The van der Waals surface area contributed by atoms with Crippen LogP contribution >= 0.6 is 0 Å². The summed E-state index contributed by atoms with van der Waals surface area (Å²) in [6.07, 6.45) is 0.893. The quantitative estimate of drug-likeness (QED) is 0.784. The molecule has 0 radical (unpaired) electrons. The van der Waals surface area contributed by atoms with Gasteiger partial charge in [-0.1, -0.05) is 42.5 Å². The van der Waals surface area contributed by atoms with Crippen molar-refractivity contribution in [1.82, 2.24) is 5.32 Å². The molecule has 0 aliphatic carbocycles. The summed E-state index contributed by atoms with van der Waals surface area (Å²) in [5.41, 5.74) is 1.96. The molecule has 4 nitrogen and oxygen atoms in total. The van der Waals surface area contributed by atoms with Crippen LogP contribution in [0.4, 0.5) is 0 Å². The Kier molecular flexibility index (Phi) is 6.82. The molecule has 0 aliphatic heterocycles. The van der Waals surface area contributed by atoms with Crippen LogP contribution in [0.3, 0.4) is 0 Å². The Morgan fingerprint density at radius 1 is 1.08 bits per heavy atom. The van der Waals surface area contributed by atoms with Crippen LogP contribution < -0.4 is 10.1 Å². The SMILES string of the molecule is CC(C)Oc1ccc(CCNC(=O)C(CO)c2ccccc2)cc1. The minimum Gasteiger partial charge on any atom is -0.491 e. The number of amides is 1. The van der Waals surface area contributed by atoms with Gasteiger partial charge >= 0.3 is 0 Å². The van der Waals surface area contributed by atoms with Gasteiger partial charge in [-0.05, 0) is 43.5 Å². The molecule has 2 rings (SSSR count). The van der Waals surface area contributed by atoms with E-state index in [0.717, 1.165) is 23.3 Å². The van der Waals surface area contributed by atoms with Crippen molar-refractivity contribution in [2.24, 2.45) is 0 Å². The maximum atomic E-state index is 12.2. The molecule has 0 fully saturated rings. The van der Waals surface area contributed by atoms with Crippen molar-refractivity contribution < 1.29 is 14.6 Å². The normalized spacial score (nSPS) is 12.0. The molecule has 2 aromatic carbocycles. The standard InChI is InChI=1S/C20H25NO3/c1-15(2)24-18-10-8-16(9-11-18)12-13-21-20(23)19(14-22)17-6-4-3-5-7-17/h3-11,15,19,22H,12-14H2,1-2H3,(H,21,23). The lowest BCUT2D eigenvalue weighted by Crippen LogP contribution is -2.32. The van der Waals surface area contributed by atoms with E-state index >= 15 is 0 Å². The fourth-order valence-electron chi connectivity index (χ4n) is 2.49. The van der Waals surface area contributed by atoms with Gasteiger partial charge < -0.3 is 15.2 Å². The van der Waals surface area contributed by atoms with E-state index in [9.17, 15) is 9.90 Å². The van der Waals surface area contributed by atoms with Gasteiger partial charge in [0.1, 0.15) is 5.75 Å². The van der Waals surface area contributed by atoms with E-state index in [1.165, 1.54) is 0 Å². The van der Waals surface area contributed by atoms with E-state index in [-0.39, 0.29) is 18.6 Å². The number of aliphatic hydroxyl groups excluding tert-OH is 1. The second-order valence-corrected chi connectivity index (χ2v) is 6.00. The summed E-state index contributed by atoms with van der Waals surface area (Å²) in [6, 6.07) is 17.2. The summed E-state index contributed by atoms with van der Waals surface area (Å²) in [4.78, 5) is 12.2. The number of carbonyl (C=O) groups excluding carboxylic acids is 1. The van der Waals surface area contributed by atoms with Gasteiger partial charge in [-0.25, -0.2) is 0 Å². The van der Waals surface area contributed by atoms with E-state index in [1.807, 2.05) is 68.4 Å². The molecule has 24 heavy (non-hydrogen) atoms. The van der Waals surface area contributed by atoms with Crippen molar-refractivity contribution in [3.63, 3.8) is 0 Å². The number of carbonyl (C=O) groups is 1. The number of rotatable bonds is 8. The van der Waals surface area contributed by atoms with Gasteiger partial charge in [0.05, 0.1) is 18.6 Å². The van der Waals surface area contributed by atoms with Crippen molar-refractivity contribution in [2.45, 2.75) is 32.3 Å². The highest BCUT2D eigenvalue weighted by molar-refractivity contribution is 5.83. The van der Waals surface area contributed by atoms with Gasteiger partial charge in [-0.3, -0.25) is 4.79 Å². The van der Waals surface area contributed by atoms with Crippen molar-refractivity contribution in [2.75, 3.05) is 13.2 Å². The van der Waals surface area contributed by atoms with Crippen LogP contribution in [0.25, 0.3) is 0 Å². The van der Waals surface area contributed by atoms with E-state index in [2.05, 4.69) is 5.32 Å². The van der Waals surface area contributed by atoms with Gasteiger partial charge in [-0.2, -0.15) is 0 Å². The van der Waals surface area contributed by atoms with Crippen LogP contribution in [0, 0.1) is 0 Å². The Balaban J connectivity index is 1.83. The monoisotopic (exact) mass is 327 g/mol. The van der Waals surface area contributed by atoms with E-state index in [4.69, 9.17) is 4.74 Å². The summed E-state index contributed by atoms with van der Waals surface area (Å²) in [6.45, 7) is 4.32. The Labute approximate surface area is 143 Å². The summed E-state index contributed by atoms with van der Waals surface area (Å²) >= 11 is 0. The number of ether oxygens (including phenoxy) is 1. The number of benzene rings is 2. The molecule has 2 N–H and O–H groups in total. The smallest absolute Gasteiger partial charge is 0.229 e. The average Bonchev–Trinajstić information content (AvgIpc) is 2.58. The molecule has 0 saturated carbocycles. The first-order valence-electron chi connectivity index (χ1n) is 8.29. The second kappa shape index (κ2) is 9.08. The maximum absolute atomic E-state index is 12.2. The Morgan fingerprint density at radius 2 is 1.75 bits per heavy atom. The summed E-state index contributed by atoms with van der Waals surface area (Å²) < 4.78 is 5.61. The van der Waals surface area contributed by atoms with Crippen molar-refractivity contribution in [3.8, 4) is 5.75 Å². The molecule has 1 unspecified atom stereocenters. The molecule has 0 heterocycles. The molecule has 4 heteroatoms. The molecule has 1 amide bonds. The predicted molar refractivity (Wildman–Crippen MR) is 95.2 cm³/mol. The summed E-state index contributed by atoms with van der Waals surface area (Å²) in [5, 5.41) is 12.4. The molecular formula is C20H25NO3.